The number of carbonyl (C=O) groups is 5. The fourth-order valence-electron chi connectivity index (χ4n) is 5.00. The molecule has 1 aromatic rings. The molecule has 13 nitrogen and oxygen atoms in total. The molecule has 4 amide bonds. The van der Waals surface area contributed by atoms with Crippen LogP contribution in [0.5, 0.6) is 0 Å². The smallest absolute Gasteiger partial charge is 0.408 e. The second-order valence-electron chi connectivity index (χ2n) is 17.8. The minimum Gasteiger partial charge on any atom is -0.467 e. The summed E-state index contributed by atoms with van der Waals surface area (Å²) in [5.74, 6) is -3.40. The number of ether oxygens (including phenoxy) is 2. The van der Waals surface area contributed by atoms with Crippen LogP contribution in [0, 0.1) is 11.8 Å². The highest BCUT2D eigenvalue weighted by Crippen LogP contribution is 2.38. The highest BCUT2D eigenvalue weighted by atomic mass is 28.4. The summed E-state index contributed by atoms with van der Waals surface area (Å²) >= 11 is 0. The molecule has 6 atom stereocenters. The van der Waals surface area contributed by atoms with Crippen LogP contribution in [0.1, 0.15) is 88.6 Å². The number of rotatable bonds is 18. The maximum absolute atomic E-state index is 14.3. The molecule has 0 radical (unpaired) electrons. The van der Waals surface area contributed by atoms with Crippen molar-refractivity contribution in [2.45, 2.75) is 162 Å². The molecule has 0 unspecified atom stereocenters. The molecule has 0 saturated carbocycles. The SMILES string of the molecule is COC(=O)[C@@H](NC(=O)[C@@H](NC(=O)[C@@H](NC(=O)[C@@H](NC(=O)OCc1ccccc1)C(C)C)[C@@H](C)O[Si](C)(C)C(C)(C)C)C(C)C)[C@@H](C)O[Si](C)(C)C(C)(C)C. The molecule has 0 heterocycles. The average molecular weight is 795 g/mol. The molecule has 0 saturated heterocycles. The Balaban J connectivity index is 3.41. The van der Waals surface area contributed by atoms with Gasteiger partial charge in [0.2, 0.25) is 17.7 Å². The number of benzene rings is 1. The molecule has 54 heavy (non-hydrogen) atoms. The zero-order valence-electron chi connectivity index (χ0n) is 35.9. The molecular weight excluding hydrogens is 725 g/mol. The molecule has 0 aromatic heterocycles. The third kappa shape index (κ3) is 14.4. The molecule has 1 aromatic carbocycles. The number of carbonyl (C=O) groups excluding carboxylic acids is 5. The van der Waals surface area contributed by atoms with Crippen molar-refractivity contribution < 1.29 is 42.3 Å². The monoisotopic (exact) mass is 794 g/mol. The van der Waals surface area contributed by atoms with Crippen LogP contribution >= 0.6 is 0 Å². The molecule has 15 heteroatoms. The summed E-state index contributed by atoms with van der Waals surface area (Å²) in [6.07, 6.45) is -2.34. The van der Waals surface area contributed by atoms with Crippen LogP contribution in [0.15, 0.2) is 30.3 Å². The topological polar surface area (TPSA) is 170 Å². The summed E-state index contributed by atoms with van der Waals surface area (Å²) < 4.78 is 23.4. The van der Waals surface area contributed by atoms with Gasteiger partial charge in [0.15, 0.2) is 22.7 Å². The van der Waals surface area contributed by atoms with Gasteiger partial charge in [0.05, 0.1) is 19.3 Å². The van der Waals surface area contributed by atoms with Crippen molar-refractivity contribution in [3.8, 4) is 0 Å². The van der Waals surface area contributed by atoms with E-state index in [1.165, 1.54) is 7.11 Å². The zero-order valence-corrected chi connectivity index (χ0v) is 37.9. The van der Waals surface area contributed by atoms with E-state index in [1.54, 1.807) is 41.5 Å². The van der Waals surface area contributed by atoms with Crippen LogP contribution in [-0.2, 0) is 44.1 Å². The van der Waals surface area contributed by atoms with Crippen molar-refractivity contribution in [2.24, 2.45) is 11.8 Å². The first-order valence-electron chi connectivity index (χ1n) is 18.9. The third-order valence-corrected chi connectivity index (χ3v) is 19.7. The summed E-state index contributed by atoms with van der Waals surface area (Å²) in [5, 5.41) is 10.7. The van der Waals surface area contributed by atoms with E-state index >= 15 is 0 Å². The van der Waals surface area contributed by atoms with E-state index in [4.69, 9.17) is 18.3 Å². The molecule has 0 fully saturated rings. The van der Waals surface area contributed by atoms with Gasteiger partial charge in [-0.3, -0.25) is 14.4 Å². The molecule has 4 N–H and O–H groups in total. The number of amides is 4. The van der Waals surface area contributed by atoms with Crippen LogP contribution in [0.3, 0.4) is 0 Å². The van der Waals surface area contributed by atoms with E-state index in [9.17, 15) is 24.0 Å². The largest absolute Gasteiger partial charge is 0.467 e. The highest BCUT2D eigenvalue weighted by Gasteiger charge is 2.44. The average Bonchev–Trinajstić information content (AvgIpc) is 3.04. The maximum Gasteiger partial charge on any atom is 0.408 e. The third-order valence-electron chi connectivity index (χ3n) is 10.5. The van der Waals surface area contributed by atoms with Gasteiger partial charge in [-0.25, -0.2) is 9.59 Å². The Morgan fingerprint density at radius 2 is 0.963 bits per heavy atom. The number of esters is 1. The van der Waals surface area contributed by atoms with Gasteiger partial charge in [-0.15, -0.1) is 0 Å². The number of hydrogen-bond acceptors (Lipinski definition) is 9. The van der Waals surface area contributed by atoms with Crippen molar-refractivity contribution in [1.29, 1.82) is 0 Å². The van der Waals surface area contributed by atoms with E-state index in [1.807, 2.05) is 56.5 Å². The standard InChI is InChI=1S/C39H70N4O9Si2/c1-24(2)29(33(44)42-32(36(47)49-13)27(6)52-54(16,17)39(10,11)12)40-35(46)31(26(5)51-53(14,15)38(7,8)9)41-34(45)30(25(3)4)43-37(48)50-23-28-21-19-18-20-22-28/h18-22,24-27,29-32H,23H2,1-17H3,(H,40,46)(H,41,45)(H,42,44)(H,43,48)/t26-,27-,29+,30+,31+,32+/m1/s1. The Labute approximate surface area is 326 Å². The van der Waals surface area contributed by atoms with Crippen LogP contribution in [0.4, 0.5) is 4.79 Å². The van der Waals surface area contributed by atoms with Crippen LogP contribution in [-0.4, -0.2) is 89.9 Å². The molecule has 0 bridgehead atoms. The van der Waals surface area contributed by atoms with Crippen LogP contribution in [0.2, 0.25) is 36.3 Å². The predicted molar refractivity (Wildman–Crippen MR) is 217 cm³/mol. The summed E-state index contributed by atoms with van der Waals surface area (Å²) in [6.45, 7) is 31.0. The van der Waals surface area contributed by atoms with E-state index in [-0.39, 0.29) is 22.6 Å². The van der Waals surface area contributed by atoms with Crippen molar-refractivity contribution in [2.75, 3.05) is 7.11 Å². The zero-order chi connectivity index (χ0) is 42.0. The summed E-state index contributed by atoms with van der Waals surface area (Å²) in [4.78, 5) is 67.9. The lowest BCUT2D eigenvalue weighted by Crippen LogP contribution is -2.63. The Morgan fingerprint density at radius 3 is 1.37 bits per heavy atom. The van der Waals surface area contributed by atoms with Crippen molar-refractivity contribution in [3.05, 3.63) is 35.9 Å². The number of methoxy groups -OCH3 is 1. The van der Waals surface area contributed by atoms with Crippen LogP contribution < -0.4 is 21.3 Å². The van der Waals surface area contributed by atoms with Gasteiger partial charge in [-0.1, -0.05) is 99.6 Å². The van der Waals surface area contributed by atoms with E-state index in [0.29, 0.717) is 0 Å². The molecule has 0 aliphatic heterocycles. The summed E-state index contributed by atoms with van der Waals surface area (Å²) in [5.41, 5.74) is 0.783. The molecule has 0 aliphatic carbocycles. The van der Waals surface area contributed by atoms with E-state index in [2.05, 4.69) is 62.8 Å². The summed E-state index contributed by atoms with van der Waals surface area (Å²) in [7, 11) is -3.59. The van der Waals surface area contributed by atoms with Crippen molar-refractivity contribution in [1.82, 2.24) is 21.3 Å². The van der Waals surface area contributed by atoms with Crippen molar-refractivity contribution >= 4 is 46.4 Å². The highest BCUT2D eigenvalue weighted by molar-refractivity contribution is 6.74. The Kier molecular flexibility index (Phi) is 18.1. The molecular formula is C39H70N4O9Si2. The Hall–Kier alpha value is -3.28. The second kappa shape index (κ2) is 20.1. The van der Waals surface area contributed by atoms with Gasteiger partial charge in [0, 0.05) is 0 Å². The first-order valence-corrected chi connectivity index (χ1v) is 24.7. The summed E-state index contributed by atoms with van der Waals surface area (Å²) in [6, 6.07) is 4.56. The van der Waals surface area contributed by atoms with Crippen molar-refractivity contribution in [3.63, 3.8) is 0 Å². The first kappa shape index (κ1) is 48.7. The minimum absolute atomic E-state index is 0.0121. The van der Waals surface area contributed by atoms with Gasteiger partial charge >= 0.3 is 12.1 Å². The van der Waals surface area contributed by atoms with E-state index < -0.39 is 88.7 Å². The van der Waals surface area contributed by atoms with Gasteiger partial charge in [-0.05, 0) is 67.5 Å². The van der Waals surface area contributed by atoms with Gasteiger partial charge in [-0.2, -0.15) is 0 Å². The Morgan fingerprint density at radius 1 is 0.593 bits per heavy atom. The molecule has 1 rings (SSSR count). The maximum atomic E-state index is 14.3. The van der Waals surface area contributed by atoms with E-state index in [0.717, 1.165) is 5.56 Å². The lowest BCUT2D eigenvalue weighted by atomic mass is 10.00. The van der Waals surface area contributed by atoms with Gasteiger partial charge in [0.25, 0.3) is 0 Å². The number of alkyl carbamates (subject to hydrolysis) is 1. The van der Waals surface area contributed by atoms with Crippen LogP contribution in [0.25, 0.3) is 0 Å². The lowest BCUT2D eigenvalue weighted by molar-refractivity contribution is -0.148. The van der Waals surface area contributed by atoms with Gasteiger partial charge < -0.3 is 39.6 Å². The molecule has 0 aliphatic rings. The molecule has 308 valence electrons. The number of hydrogen-bond donors (Lipinski definition) is 4. The predicted octanol–water partition coefficient (Wildman–Crippen LogP) is 6.04. The Bertz CT molecular complexity index is 1410. The number of nitrogens with one attached hydrogen (secondary N) is 4. The quantitative estimate of drug-likeness (QED) is 0.102. The molecule has 0 spiro atoms. The fourth-order valence-corrected chi connectivity index (χ4v) is 7.84. The normalized spacial score (nSPS) is 16.0. The lowest BCUT2D eigenvalue weighted by Gasteiger charge is -2.41. The minimum atomic E-state index is -2.48. The first-order chi connectivity index (χ1) is 24.6. The van der Waals surface area contributed by atoms with Gasteiger partial charge in [0.1, 0.15) is 24.7 Å². The fraction of sp³-hybridized carbons (Fsp3) is 0.718. The second-order valence-corrected chi connectivity index (χ2v) is 27.3.